The second-order valence-electron chi connectivity index (χ2n) is 4.79. The van der Waals surface area contributed by atoms with Crippen molar-refractivity contribution in [1.82, 2.24) is 15.2 Å². The Bertz CT molecular complexity index is 370. The molecule has 1 aromatic heterocycles. The van der Waals surface area contributed by atoms with E-state index < -0.39 is 0 Å². The topological polar surface area (TPSA) is 28.2 Å². The lowest BCUT2D eigenvalue weighted by Crippen LogP contribution is -2.37. The zero-order valence-corrected chi connectivity index (χ0v) is 12.2. The number of nitrogens with zero attached hydrogens (tertiary/aromatic N) is 2. The molecule has 3 nitrogen and oxygen atoms in total. The van der Waals surface area contributed by atoms with Gasteiger partial charge in [0, 0.05) is 37.2 Å². The monoisotopic (exact) mass is 265 g/mol. The first kappa shape index (κ1) is 13.8. The van der Waals surface area contributed by atoms with Crippen molar-refractivity contribution < 1.29 is 0 Å². The maximum atomic E-state index is 4.70. The van der Waals surface area contributed by atoms with Crippen LogP contribution in [0.15, 0.2) is 18.2 Å². The van der Waals surface area contributed by atoms with Crippen LogP contribution in [0.2, 0.25) is 0 Å². The lowest BCUT2D eigenvalue weighted by atomic mass is 10.2. The Kier molecular flexibility index (Phi) is 5.47. The van der Waals surface area contributed by atoms with Crippen molar-refractivity contribution in [2.24, 2.45) is 0 Å². The molecule has 1 N–H and O–H groups in total. The minimum absolute atomic E-state index is 0.805. The normalized spacial score (nSPS) is 21.1. The Morgan fingerprint density at radius 3 is 3.06 bits per heavy atom. The molecule has 18 heavy (non-hydrogen) atoms. The fourth-order valence-electron chi connectivity index (χ4n) is 2.30. The highest BCUT2D eigenvalue weighted by molar-refractivity contribution is 8.00. The molecule has 0 saturated carbocycles. The fraction of sp³-hybridized carbons (Fsp3) is 0.643. The quantitative estimate of drug-likeness (QED) is 0.883. The van der Waals surface area contributed by atoms with Crippen molar-refractivity contribution in [3.63, 3.8) is 0 Å². The summed E-state index contributed by atoms with van der Waals surface area (Å²) in [5.74, 6) is 1.26. The summed E-state index contributed by atoms with van der Waals surface area (Å²) in [5.41, 5.74) is 2.33. The van der Waals surface area contributed by atoms with Crippen LogP contribution in [-0.4, -0.2) is 41.0 Å². The van der Waals surface area contributed by atoms with Gasteiger partial charge in [-0.05, 0) is 25.6 Å². The smallest absolute Gasteiger partial charge is 0.0547 e. The highest BCUT2D eigenvalue weighted by atomic mass is 32.2. The predicted molar refractivity (Wildman–Crippen MR) is 78.8 cm³/mol. The van der Waals surface area contributed by atoms with Crippen molar-refractivity contribution in [3.05, 3.63) is 29.6 Å². The summed E-state index contributed by atoms with van der Waals surface area (Å²) in [5, 5.41) is 3.96. The standard InChI is InChI=1S/C14H23N3S/c1-3-14-11-17(7-8-18-14)10-13-6-4-5-12(16-13)9-15-2/h4-6,14-15H,3,7-11H2,1-2H3. The lowest BCUT2D eigenvalue weighted by molar-refractivity contribution is 0.270. The Labute approximate surface area is 114 Å². The Balaban J connectivity index is 1.93. The van der Waals surface area contributed by atoms with Gasteiger partial charge >= 0.3 is 0 Å². The number of rotatable bonds is 5. The van der Waals surface area contributed by atoms with E-state index in [0.29, 0.717) is 0 Å². The summed E-state index contributed by atoms with van der Waals surface area (Å²) in [4.78, 5) is 7.23. The number of hydrogen-bond acceptors (Lipinski definition) is 4. The van der Waals surface area contributed by atoms with Gasteiger partial charge in [-0.25, -0.2) is 0 Å². The van der Waals surface area contributed by atoms with E-state index in [4.69, 9.17) is 4.98 Å². The molecule has 0 aliphatic carbocycles. The second-order valence-corrected chi connectivity index (χ2v) is 6.20. The molecule has 2 rings (SSSR count). The molecule has 1 atom stereocenters. The molecule has 1 aliphatic rings. The van der Waals surface area contributed by atoms with Crippen LogP contribution in [0.5, 0.6) is 0 Å². The average molecular weight is 265 g/mol. The van der Waals surface area contributed by atoms with Crippen molar-refractivity contribution in [2.75, 3.05) is 25.9 Å². The fourth-order valence-corrected chi connectivity index (χ4v) is 3.55. The molecule has 2 heterocycles. The van der Waals surface area contributed by atoms with Crippen molar-refractivity contribution in [3.8, 4) is 0 Å². The summed E-state index contributed by atoms with van der Waals surface area (Å²) in [7, 11) is 1.96. The van der Waals surface area contributed by atoms with Gasteiger partial charge in [0.05, 0.1) is 11.4 Å². The van der Waals surface area contributed by atoms with E-state index in [9.17, 15) is 0 Å². The zero-order valence-electron chi connectivity index (χ0n) is 11.4. The van der Waals surface area contributed by atoms with Gasteiger partial charge in [0.2, 0.25) is 0 Å². The molecule has 0 aromatic carbocycles. The maximum absolute atomic E-state index is 4.70. The number of aromatic nitrogens is 1. The largest absolute Gasteiger partial charge is 0.314 e. The van der Waals surface area contributed by atoms with Crippen LogP contribution < -0.4 is 5.32 Å². The van der Waals surface area contributed by atoms with E-state index in [0.717, 1.165) is 24.0 Å². The number of thioether (sulfide) groups is 1. The molecule has 1 aromatic rings. The molecule has 1 saturated heterocycles. The predicted octanol–water partition coefficient (Wildman–Crippen LogP) is 2.13. The van der Waals surface area contributed by atoms with E-state index >= 15 is 0 Å². The van der Waals surface area contributed by atoms with Gasteiger partial charge in [0.1, 0.15) is 0 Å². The maximum Gasteiger partial charge on any atom is 0.0547 e. The summed E-state index contributed by atoms with van der Waals surface area (Å²) >= 11 is 2.12. The van der Waals surface area contributed by atoms with Gasteiger partial charge in [-0.1, -0.05) is 13.0 Å². The Hall–Kier alpha value is -0.580. The summed E-state index contributed by atoms with van der Waals surface area (Å²) in [6.07, 6.45) is 1.27. The molecule has 0 bridgehead atoms. The summed E-state index contributed by atoms with van der Waals surface area (Å²) in [6, 6.07) is 6.34. The highest BCUT2D eigenvalue weighted by Gasteiger charge is 2.19. The van der Waals surface area contributed by atoms with Gasteiger partial charge in [-0.3, -0.25) is 9.88 Å². The summed E-state index contributed by atoms with van der Waals surface area (Å²) in [6.45, 7) is 6.53. The van der Waals surface area contributed by atoms with Gasteiger partial charge < -0.3 is 5.32 Å². The second kappa shape index (κ2) is 7.12. The van der Waals surface area contributed by atoms with Crippen LogP contribution in [0.25, 0.3) is 0 Å². The molecular weight excluding hydrogens is 242 g/mol. The van der Waals surface area contributed by atoms with Crippen LogP contribution in [0.3, 0.4) is 0 Å². The van der Waals surface area contributed by atoms with Crippen molar-refractivity contribution in [2.45, 2.75) is 31.7 Å². The molecular formula is C14H23N3S. The van der Waals surface area contributed by atoms with E-state index in [-0.39, 0.29) is 0 Å². The van der Waals surface area contributed by atoms with Crippen molar-refractivity contribution in [1.29, 1.82) is 0 Å². The van der Waals surface area contributed by atoms with Crippen LogP contribution in [0, 0.1) is 0 Å². The van der Waals surface area contributed by atoms with Crippen LogP contribution in [-0.2, 0) is 13.1 Å². The SMILES string of the molecule is CCC1CN(Cc2cccc(CNC)n2)CCS1. The van der Waals surface area contributed by atoms with E-state index in [1.54, 1.807) is 0 Å². The van der Waals surface area contributed by atoms with Crippen LogP contribution in [0.1, 0.15) is 24.7 Å². The molecule has 1 aliphatic heterocycles. The zero-order chi connectivity index (χ0) is 12.8. The average Bonchev–Trinajstić information content (AvgIpc) is 2.40. The Morgan fingerprint density at radius 2 is 2.28 bits per heavy atom. The third-order valence-electron chi connectivity index (χ3n) is 3.29. The van der Waals surface area contributed by atoms with Crippen LogP contribution in [0.4, 0.5) is 0 Å². The molecule has 0 radical (unpaired) electrons. The first-order valence-corrected chi connectivity index (χ1v) is 7.80. The first-order chi connectivity index (χ1) is 8.81. The van der Waals surface area contributed by atoms with E-state index in [2.05, 4.69) is 47.1 Å². The van der Waals surface area contributed by atoms with Crippen LogP contribution >= 0.6 is 11.8 Å². The van der Waals surface area contributed by atoms with E-state index in [1.807, 2.05) is 7.05 Å². The van der Waals surface area contributed by atoms with E-state index in [1.165, 1.54) is 31.0 Å². The molecule has 0 spiro atoms. The minimum Gasteiger partial charge on any atom is -0.314 e. The number of nitrogens with one attached hydrogen (secondary N) is 1. The lowest BCUT2D eigenvalue weighted by Gasteiger charge is -2.31. The van der Waals surface area contributed by atoms with Gasteiger partial charge in [-0.2, -0.15) is 11.8 Å². The van der Waals surface area contributed by atoms with Gasteiger partial charge in [0.25, 0.3) is 0 Å². The minimum atomic E-state index is 0.805. The van der Waals surface area contributed by atoms with Gasteiger partial charge in [0.15, 0.2) is 0 Å². The number of pyridine rings is 1. The number of hydrogen-bond donors (Lipinski definition) is 1. The first-order valence-electron chi connectivity index (χ1n) is 6.75. The molecule has 0 amide bonds. The highest BCUT2D eigenvalue weighted by Crippen LogP contribution is 2.22. The summed E-state index contributed by atoms with van der Waals surface area (Å²) < 4.78 is 0. The molecule has 1 unspecified atom stereocenters. The Morgan fingerprint density at radius 1 is 1.44 bits per heavy atom. The third-order valence-corrected chi connectivity index (χ3v) is 4.66. The third kappa shape index (κ3) is 3.97. The molecule has 4 heteroatoms. The molecule has 100 valence electrons. The van der Waals surface area contributed by atoms with Gasteiger partial charge in [-0.15, -0.1) is 0 Å². The van der Waals surface area contributed by atoms with Crippen molar-refractivity contribution >= 4 is 11.8 Å². The molecule has 1 fully saturated rings.